The van der Waals surface area contributed by atoms with E-state index in [2.05, 4.69) is 15.5 Å². The SMILES string of the molecule is Cc1ccc(-c2ccc(NCc3ccccc3)nn2)cc1S(=O)(=O)N1CCOCC1. The second-order valence-corrected chi connectivity index (χ2v) is 9.05. The van der Waals surface area contributed by atoms with Crippen molar-refractivity contribution in [2.75, 3.05) is 31.6 Å². The molecule has 0 atom stereocenters. The molecule has 0 radical (unpaired) electrons. The highest BCUT2D eigenvalue weighted by Crippen LogP contribution is 2.26. The molecule has 2 heterocycles. The minimum Gasteiger partial charge on any atom is -0.379 e. The zero-order valence-corrected chi connectivity index (χ0v) is 17.6. The third kappa shape index (κ3) is 4.51. The van der Waals surface area contributed by atoms with Gasteiger partial charge in [0, 0.05) is 25.2 Å². The Kier molecular flexibility index (Phi) is 6.08. The quantitative estimate of drug-likeness (QED) is 0.655. The maximum absolute atomic E-state index is 13.1. The average molecular weight is 425 g/mol. The zero-order valence-electron chi connectivity index (χ0n) is 16.8. The number of ether oxygens (including phenoxy) is 1. The van der Waals surface area contributed by atoms with Gasteiger partial charge in [-0.3, -0.25) is 0 Å². The summed E-state index contributed by atoms with van der Waals surface area (Å²) in [6.07, 6.45) is 0. The van der Waals surface area contributed by atoms with Gasteiger partial charge in [0.2, 0.25) is 10.0 Å². The molecule has 3 aromatic rings. The van der Waals surface area contributed by atoms with Gasteiger partial charge in [-0.15, -0.1) is 10.2 Å². The predicted octanol–water partition coefficient (Wildman–Crippen LogP) is 3.09. The van der Waals surface area contributed by atoms with Crippen molar-refractivity contribution < 1.29 is 13.2 Å². The first-order valence-electron chi connectivity index (χ1n) is 9.84. The van der Waals surface area contributed by atoms with Gasteiger partial charge in [0.1, 0.15) is 5.82 Å². The van der Waals surface area contributed by atoms with Gasteiger partial charge in [0.25, 0.3) is 0 Å². The first-order valence-corrected chi connectivity index (χ1v) is 11.3. The third-order valence-corrected chi connectivity index (χ3v) is 7.09. The van der Waals surface area contributed by atoms with E-state index in [0.717, 1.165) is 11.1 Å². The van der Waals surface area contributed by atoms with Crippen molar-refractivity contribution >= 4 is 15.8 Å². The maximum Gasteiger partial charge on any atom is 0.243 e. The Balaban J connectivity index is 1.53. The Hall–Kier alpha value is -2.81. The fourth-order valence-electron chi connectivity index (χ4n) is 3.33. The minimum absolute atomic E-state index is 0.301. The minimum atomic E-state index is -3.58. The lowest BCUT2D eigenvalue weighted by molar-refractivity contribution is 0.0730. The van der Waals surface area contributed by atoms with Crippen LogP contribution in [0.4, 0.5) is 5.82 Å². The highest BCUT2D eigenvalue weighted by molar-refractivity contribution is 7.89. The van der Waals surface area contributed by atoms with E-state index in [1.54, 1.807) is 13.0 Å². The van der Waals surface area contributed by atoms with Crippen molar-refractivity contribution in [2.45, 2.75) is 18.4 Å². The lowest BCUT2D eigenvalue weighted by atomic mass is 10.1. The van der Waals surface area contributed by atoms with Crippen LogP contribution in [0.5, 0.6) is 0 Å². The van der Waals surface area contributed by atoms with Crippen molar-refractivity contribution in [3.8, 4) is 11.3 Å². The topological polar surface area (TPSA) is 84.4 Å². The van der Waals surface area contributed by atoms with Crippen molar-refractivity contribution in [2.24, 2.45) is 0 Å². The van der Waals surface area contributed by atoms with E-state index < -0.39 is 10.0 Å². The Labute approximate surface area is 176 Å². The summed E-state index contributed by atoms with van der Waals surface area (Å²) >= 11 is 0. The smallest absolute Gasteiger partial charge is 0.243 e. The molecular formula is C22H24N4O3S. The normalized spacial score (nSPS) is 15.1. The number of aromatic nitrogens is 2. The van der Waals surface area contributed by atoms with Crippen molar-refractivity contribution in [1.29, 1.82) is 0 Å². The second kappa shape index (κ2) is 8.91. The Morgan fingerprint density at radius 3 is 2.47 bits per heavy atom. The molecule has 1 aromatic heterocycles. The molecule has 0 spiro atoms. The van der Waals surface area contributed by atoms with Crippen LogP contribution >= 0.6 is 0 Å². The lowest BCUT2D eigenvalue weighted by Gasteiger charge is -2.26. The third-order valence-electron chi connectivity index (χ3n) is 5.05. The fourth-order valence-corrected chi connectivity index (χ4v) is 4.99. The zero-order chi connectivity index (χ0) is 21.0. The molecule has 1 aliphatic rings. The van der Waals surface area contributed by atoms with Crippen LogP contribution < -0.4 is 5.32 Å². The molecule has 1 aliphatic heterocycles. The van der Waals surface area contributed by atoms with Crippen molar-refractivity contribution in [3.05, 3.63) is 71.8 Å². The Bertz CT molecular complexity index is 1100. The number of hydrogen-bond donors (Lipinski definition) is 1. The van der Waals surface area contributed by atoms with Gasteiger partial charge in [-0.25, -0.2) is 8.42 Å². The number of benzene rings is 2. The van der Waals surface area contributed by atoms with Gasteiger partial charge < -0.3 is 10.1 Å². The standard InChI is InChI=1S/C22H24N4O3S/c1-17-7-8-19(15-21(17)30(27,28)26-11-13-29-14-12-26)20-9-10-22(25-24-20)23-16-18-5-3-2-4-6-18/h2-10,15H,11-14,16H2,1H3,(H,23,25). The summed E-state index contributed by atoms with van der Waals surface area (Å²) in [6, 6.07) is 19.1. The van der Waals surface area contributed by atoms with E-state index in [1.807, 2.05) is 54.6 Å². The summed E-state index contributed by atoms with van der Waals surface area (Å²) in [5, 5.41) is 11.8. The summed E-state index contributed by atoms with van der Waals surface area (Å²) in [5.41, 5.74) is 3.20. The predicted molar refractivity (Wildman–Crippen MR) is 116 cm³/mol. The molecule has 4 rings (SSSR count). The molecule has 2 aromatic carbocycles. The van der Waals surface area contributed by atoms with E-state index in [-0.39, 0.29) is 0 Å². The first kappa shape index (κ1) is 20.5. The number of hydrogen-bond acceptors (Lipinski definition) is 6. The van der Waals surface area contributed by atoms with E-state index in [4.69, 9.17) is 4.74 Å². The van der Waals surface area contributed by atoms with Crippen LogP contribution in [-0.2, 0) is 21.3 Å². The van der Waals surface area contributed by atoms with E-state index in [9.17, 15) is 8.42 Å². The number of anilines is 1. The van der Waals surface area contributed by atoms with Gasteiger partial charge in [-0.1, -0.05) is 42.5 Å². The van der Waals surface area contributed by atoms with Crippen molar-refractivity contribution in [3.63, 3.8) is 0 Å². The number of sulfonamides is 1. The van der Waals surface area contributed by atoms with Gasteiger partial charge in [-0.2, -0.15) is 4.31 Å². The fraction of sp³-hybridized carbons (Fsp3) is 0.273. The Morgan fingerprint density at radius 1 is 1.00 bits per heavy atom. The molecular weight excluding hydrogens is 400 g/mol. The molecule has 0 unspecified atom stereocenters. The largest absolute Gasteiger partial charge is 0.379 e. The van der Waals surface area contributed by atoms with Crippen LogP contribution in [0.1, 0.15) is 11.1 Å². The second-order valence-electron chi connectivity index (χ2n) is 7.14. The van der Waals surface area contributed by atoms with Crippen LogP contribution in [0.2, 0.25) is 0 Å². The molecule has 30 heavy (non-hydrogen) atoms. The highest BCUT2D eigenvalue weighted by Gasteiger charge is 2.28. The summed E-state index contributed by atoms with van der Waals surface area (Å²) in [4.78, 5) is 0.301. The van der Waals surface area contributed by atoms with Crippen molar-refractivity contribution in [1.82, 2.24) is 14.5 Å². The van der Waals surface area contributed by atoms with Crippen LogP contribution in [0.25, 0.3) is 11.3 Å². The summed E-state index contributed by atoms with van der Waals surface area (Å²) in [5.74, 6) is 0.663. The molecule has 8 heteroatoms. The van der Waals surface area contributed by atoms with Gasteiger partial charge >= 0.3 is 0 Å². The number of nitrogens with one attached hydrogen (secondary N) is 1. The van der Waals surface area contributed by atoms with Crippen LogP contribution in [0, 0.1) is 6.92 Å². The van der Waals surface area contributed by atoms with E-state index >= 15 is 0 Å². The van der Waals surface area contributed by atoms with Gasteiger partial charge in [0.05, 0.1) is 23.8 Å². The molecule has 1 N–H and O–H groups in total. The van der Waals surface area contributed by atoms with Gasteiger partial charge in [-0.05, 0) is 36.2 Å². The summed E-state index contributed by atoms with van der Waals surface area (Å²) < 4.78 is 32.9. The monoisotopic (exact) mass is 424 g/mol. The van der Waals surface area contributed by atoms with E-state index in [0.29, 0.717) is 54.8 Å². The van der Waals surface area contributed by atoms with Crippen LogP contribution in [0.3, 0.4) is 0 Å². The molecule has 7 nitrogen and oxygen atoms in total. The molecule has 0 aliphatic carbocycles. The first-order chi connectivity index (χ1) is 14.5. The van der Waals surface area contributed by atoms with Crippen LogP contribution in [0.15, 0.2) is 65.6 Å². The highest BCUT2D eigenvalue weighted by atomic mass is 32.2. The maximum atomic E-state index is 13.1. The summed E-state index contributed by atoms with van der Waals surface area (Å²) in [6.45, 7) is 4.03. The summed E-state index contributed by atoms with van der Waals surface area (Å²) in [7, 11) is -3.58. The van der Waals surface area contributed by atoms with E-state index in [1.165, 1.54) is 4.31 Å². The number of morpholine rings is 1. The molecule has 0 bridgehead atoms. The Morgan fingerprint density at radius 2 is 1.77 bits per heavy atom. The molecule has 1 fully saturated rings. The number of nitrogens with zero attached hydrogens (tertiary/aromatic N) is 3. The van der Waals surface area contributed by atoms with Crippen LogP contribution in [-0.4, -0.2) is 49.2 Å². The number of rotatable bonds is 6. The molecule has 1 saturated heterocycles. The van der Waals surface area contributed by atoms with Gasteiger partial charge in [0.15, 0.2) is 0 Å². The molecule has 0 amide bonds. The average Bonchev–Trinajstić information content (AvgIpc) is 2.79. The number of aryl methyl sites for hydroxylation is 1. The molecule has 156 valence electrons. The lowest BCUT2D eigenvalue weighted by Crippen LogP contribution is -2.40. The molecule has 0 saturated carbocycles.